The summed E-state index contributed by atoms with van der Waals surface area (Å²) in [5.41, 5.74) is 8.19. The third kappa shape index (κ3) is 5.65. The van der Waals surface area contributed by atoms with Gasteiger partial charge in [-0.15, -0.1) is 11.8 Å². The minimum atomic E-state index is 0.576. The van der Waals surface area contributed by atoms with Crippen molar-refractivity contribution in [3.8, 4) is 0 Å². The molecule has 7 heteroatoms. The second-order valence-electron chi connectivity index (χ2n) is 7.84. The normalized spacial score (nSPS) is 14.7. The van der Waals surface area contributed by atoms with Gasteiger partial charge in [0.2, 0.25) is 0 Å². The van der Waals surface area contributed by atoms with Gasteiger partial charge in [0.15, 0.2) is 0 Å². The fraction of sp³-hybridized carbons (Fsp3) is 0.435. The number of fused-ring (bicyclic) bond motifs is 1. The third-order valence-corrected chi connectivity index (χ3v) is 6.68. The van der Waals surface area contributed by atoms with Gasteiger partial charge < -0.3 is 5.32 Å². The monoisotopic (exact) mass is 441 g/mol. The van der Waals surface area contributed by atoms with E-state index in [0.717, 1.165) is 36.7 Å². The number of anilines is 1. The zero-order valence-electron chi connectivity index (χ0n) is 18.5. The van der Waals surface area contributed by atoms with Crippen LogP contribution in [-0.4, -0.2) is 38.7 Å². The molecule has 0 unspecified atom stereocenters. The molecule has 1 aromatic carbocycles. The SMILES string of the molecule is C=N/C(=C\SCNc1ncnc2c1CN(SC(C)C)CC2)c1c(C)cc(C)cc1C. The molecular formula is C23H31N5S2. The molecule has 1 aromatic heterocycles. The van der Waals surface area contributed by atoms with Crippen molar-refractivity contribution in [2.24, 2.45) is 4.99 Å². The van der Waals surface area contributed by atoms with Crippen molar-refractivity contribution in [1.82, 2.24) is 14.3 Å². The highest BCUT2D eigenvalue weighted by atomic mass is 32.2. The number of benzene rings is 1. The Morgan fingerprint density at radius 1 is 1.27 bits per heavy atom. The fourth-order valence-corrected chi connectivity index (χ4v) is 5.50. The second kappa shape index (κ2) is 10.5. The maximum Gasteiger partial charge on any atom is 0.134 e. The topological polar surface area (TPSA) is 53.4 Å². The van der Waals surface area contributed by atoms with Gasteiger partial charge in [0, 0.05) is 35.9 Å². The van der Waals surface area contributed by atoms with E-state index in [0.29, 0.717) is 11.1 Å². The minimum absolute atomic E-state index is 0.576. The van der Waals surface area contributed by atoms with Gasteiger partial charge in [-0.2, -0.15) is 0 Å². The molecule has 0 saturated carbocycles. The van der Waals surface area contributed by atoms with Crippen LogP contribution in [0.5, 0.6) is 0 Å². The van der Waals surface area contributed by atoms with E-state index in [4.69, 9.17) is 0 Å². The van der Waals surface area contributed by atoms with Gasteiger partial charge in [-0.1, -0.05) is 43.5 Å². The third-order valence-electron chi connectivity index (χ3n) is 4.95. The molecule has 1 N–H and O–H groups in total. The second-order valence-corrected chi connectivity index (χ2v) is 10.4. The Morgan fingerprint density at radius 3 is 2.67 bits per heavy atom. The Labute approximate surface area is 189 Å². The van der Waals surface area contributed by atoms with E-state index in [2.05, 4.69) is 83.5 Å². The quantitative estimate of drug-likeness (QED) is 0.248. The Kier molecular flexibility index (Phi) is 7.97. The van der Waals surface area contributed by atoms with E-state index in [1.807, 2.05) is 11.9 Å². The first-order valence-electron chi connectivity index (χ1n) is 10.2. The van der Waals surface area contributed by atoms with Gasteiger partial charge in [-0.3, -0.25) is 4.99 Å². The molecule has 0 bridgehead atoms. The summed E-state index contributed by atoms with van der Waals surface area (Å²) in [5, 5.41) is 6.14. The molecule has 0 fully saturated rings. The molecule has 5 nitrogen and oxygen atoms in total. The fourth-order valence-electron chi connectivity index (χ4n) is 3.85. The van der Waals surface area contributed by atoms with Crippen molar-refractivity contribution in [2.45, 2.75) is 52.8 Å². The van der Waals surface area contributed by atoms with Crippen LogP contribution in [0.15, 0.2) is 28.9 Å². The van der Waals surface area contributed by atoms with E-state index < -0.39 is 0 Å². The average molecular weight is 442 g/mol. The molecule has 2 aromatic rings. The van der Waals surface area contributed by atoms with Gasteiger partial charge in [0.25, 0.3) is 0 Å². The summed E-state index contributed by atoms with van der Waals surface area (Å²) in [6.07, 6.45) is 2.64. The smallest absolute Gasteiger partial charge is 0.134 e. The highest BCUT2D eigenvalue weighted by Gasteiger charge is 2.22. The number of thioether (sulfide) groups is 1. The molecule has 0 atom stereocenters. The summed E-state index contributed by atoms with van der Waals surface area (Å²) in [7, 11) is 0. The van der Waals surface area contributed by atoms with Crippen LogP contribution in [0.3, 0.4) is 0 Å². The molecule has 160 valence electrons. The van der Waals surface area contributed by atoms with Crippen LogP contribution in [0.25, 0.3) is 5.70 Å². The maximum absolute atomic E-state index is 4.51. The molecule has 0 aliphatic carbocycles. The lowest BCUT2D eigenvalue weighted by molar-refractivity contribution is 0.436. The lowest BCUT2D eigenvalue weighted by Gasteiger charge is -2.29. The van der Waals surface area contributed by atoms with Gasteiger partial charge in [-0.25, -0.2) is 14.3 Å². The van der Waals surface area contributed by atoms with Gasteiger partial charge in [0.1, 0.15) is 12.1 Å². The van der Waals surface area contributed by atoms with Crippen molar-refractivity contribution < 1.29 is 0 Å². The molecule has 3 rings (SSSR count). The van der Waals surface area contributed by atoms with E-state index in [1.54, 1.807) is 18.1 Å². The van der Waals surface area contributed by atoms with Gasteiger partial charge >= 0.3 is 0 Å². The predicted octanol–water partition coefficient (Wildman–Crippen LogP) is 5.62. The predicted molar refractivity (Wildman–Crippen MR) is 133 cm³/mol. The van der Waals surface area contributed by atoms with Crippen molar-refractivity contribution in [1.29, 1.82) is 0 Å². The van der Waals surface area contributed by atoms with E-state index in [-0.39, 0.29) is 0 Å². The summed E-state index contributed by atoms with van der Waals surface area (Å²) in [6, 6.07) is 4.39. The minimum Gasteiger partial charge on any atom is -0.360 e. The Bertz CT molecular complexity index is 916. The van der Waals surface area contributed by atoms with Crippen LogP contribution in [-0.2, 0) is 13.0 Å². The number of aliphatic imine (C=N–C) groups is 1. The molecule has 0 amide bonds. The van der Waals surface area contributed by atoms with Crippen LogP contribution in [0.4, 0.5) is 5.82 Å². The molecule has 1 aliphatic heterocycles. The highest BCUT2D eigenvalue weighted by molar-refractivity contribution is 8.02. The first-order valence-corrected chi connectivity index (χ1v) is 12.1. The summed E-state index contributed by atoms with van der Waals surface area (Å²) < 4.78 is 2.41. The van der Waals surface area contributed by atoms with Gasteiger partial charge in [0.05, 0.1) is 17.3 Å². The largest absolute Gasteiger partial charge is 0.360 e. The first-order chi connectivity index (χ1) is 14.4. The van der Waals surface area contributed by atoms with E-state index in [9.17, 15) is 0 Å². The van der Waals surface area contributed by atoms with Crippen molar-refractivity contribution >= 4 is 41.9 Å². The first kappa shape index (κ1) is 22.8. The Balaban J connectivity index is 1.68. The maximum atomic E-state index is 4.51. The molecule has 30 heavy (non-hydrogen) atoms. The number of rotatable bonds is 8. The average Bonchev–Trinajstić information content (AvgIpc) is 2.68. The summed E-state index contributed by atoms with van der Waals surface area (Å²) in [4.78, 5) is 13.3. The standard InChI is InChI=1S/C23H31N5S2/c1-15(2)30-28-8-7-20-19(11-28)23(26-13-25-20)27-14-29-12-21(24-6)22-17(4)9-16(3)10-18(22)5/h9-10,12-13,15H,6-8,11,14H2,1-5H3,(H,25,26,27)/b21-12-. The number of hydrogen-bond donors (Lipinski definition) is 1. The number of nitrogens with zero attached hydrogens (tertiary/aromatic N) is 4. The molecule has 0 radical (unpaired) electrons. The number of aromatic nitrogens is 2. The van der Waals surface area contributed by atoms with Gasteiger partial charge in [-0.05, 0) is 44.0 Å². The zero-order chi connectivity index (χ0) is 21.7. The van der Waals surface area contributed by atoms with Crippen LogP contribution in [0, 0.1) is 20.8 Å². The lowest BCUT2D eigenvalue weighted by Crippen LogP contribution is -2.28. The molecule has 0 spiro atoms. The van der Waals surface area contributed by atoms with Crippen molar-refractivity contribution in [3.05, 3.63) is 57.4 Å². The lowest BCUT2D eigenvalue weighted by atomic mass is 9.98. The Hall–Kier alpha value is -1.83. The summed E-state index contributed by atoms with van der Waals surface area (Å²) in [5.74, 6) is 1.65. The van der Waals surface area contributed by atoms with Crippen LogP contribution in [0.1, 0.15) is 47.4 Å². The number of aryl methyl sites for hydroxylation is 3. The van der Waals surface area contributed by atoms with E-state index in [1.165, 1.54) is 27.8 Å². The molecule has 1 aliphatic rings. The summed E-state index contributed by atoms with van der Waals surface area (Å²) in [6.45, 7) is 16.5. The highest BCUT2D eigenvalue weighted by Crippen LogP contribution is 2.30. The van der Waals surface area contributed by atoms with Crippen molar-refractivity contribution in [3.63, 3.8) is 0 Å². The zero-order valence-corrected chi connectivity index (χ0v) is 20.2. The van der Waals surface area contributed by atoms with Crippen LogP contribution < -0.4 is 5.32 Å². The molecular weight excluding hydrogens is 410 g/mol. The molecule has 2 heterocycles. The number of nitrogens with one attached hydrogen (secondary N) is 1. The molecule has 0 saturated heterocycles. The summed E-state index contributed by atoms with van der Waals surface area (Å²) >= 11 is 3.57. The van der Waals surface area contributed by atoms with Crippen molar-refractivity contribution in [2.75, 3.05) is 17.7 Å². The van der Waals surface area contributed by atoms with E-state index >= 15 is 0 Å². The van der Waals surface area contributed by atoms with Crippen LogP contribution in [0.2, 0.25) is 0 Å². The number of hydrogen-bond acceptors (Lipinski definition) is 7. The van der Waals surface area contributed by atoms with Crippen LogP contribution >= 0.6 is 23.7 Å². The Morgan fingerprint density at radius 2 is 2.00 bits per heavy atom.